The summed E-state index contributed by atoms with van der Waals surface area (Å²) in [4.78, 5) is 5.49. The molecular formula is C6H4N5+. The molecule has 0 bridgehead atoms. The van der Waals surface area contributed by atoms with Crippen molar-refractivity contribution >= 4 is 11.4 Å². The van der Waals surface area contributed by atoms with Crippen LogP contribution in [-0.4, -0.2) is 0 Å². The zero-order chi connectivity index (χ0) is 8.10. The molecule has 0 atom stereocenters. The van der Waals surface area contributed by atoms with Gasteiger partial charge in [-0.3, -0.25) is 0 Å². The minimum absolute atomic E-state index is 0.269. The normalized spacial score (nSPS) is 7.91. The number of rotatable bonds is 1. The number of azide groups is 1. The van der Waals surface area contributed by atoms with Crippen molar-refractivity contribution in [2.24, 2.45) is 5.11 Å². The maximum absolute atomic E-state index is 8.39. The molecule has 0 heterocycles. The third-order valence-corrected chi connectivity index (χ3v) is 1.14. The summed E-state index contributed by atoms with van der Waals surface area (Å²) in [6.45, 7) is 0. The van der Waals surface area contributed by atoms with E-state index in [9.17, 15) is 0 Å². The molecule has 0 aromatic heterocycles. The maximum atomic E-state index is 8.39. The van der Waals surface area contributed by atoms with Crippen LogP contribution in [0, 0.1) is 5.39 Å². The Kier molecular flexibility index (Phi) is 2.06. The van der Waals surface area contributed by atoms with Crippen molar-refractivity contribution in [2.75, 3.05) is 0 Å². The lowest BCUT2D eigenvalue weighted by molar-refractivity contribution is 1.43. The summed E-state index contributed by atoms with van der Waals surface area (Å²) in [5, 5.41) is 11.7. The molecule has 0 aliphatic carbocycles. The SMILES string of the molecule is N#[N+]c1ccccc1N=[N+]=[N-]. The van der Waals surface area contributed by atoms with E-state index in [1.165, 1.54) is 0 Å². The highest BCUT2D eigenvalue weighted by Crippen LogP contribution is 2.26. The number of hydrogen-bond donors (Lipinski definition) is 0. The van der Waals surface area contributed by atoms with E-state index >= 15 is 0 Å². The van der Waals surface area contributed by atoms with Gasteiger partial charge in [-0.2, -0.15) is 0 Å². The van der Waals surface area contributed by atoms with Gasteiger partial charge in [-0.25, -0.2) is 0 Å². The van der Waals surface area contributed by atoms with Crippen LogP contribution in [0.2, 0.25) is 0 Å². The molecule has 0 N–H and O–H groups in total. The van der Waals surface area contributed by atoms with Crippen molar-refractivity contribution in [3.05, 3.63) is 39.7 Å². The highest BCUT2D eigenvalue weighted by molar-refractivity contribution is 5.65. The molecular weight excluding hydrogens is 142 g/mol. The van der Waals surface area contributed by atoms with E-state index in [1.807, 2.05) is 0 Å². The van der Waals surface area contributed by atoms with Crippen LogP contribution in [0.25, 0.3) is 15.4 Å². The zero-order valence-corrected chi connectivity index (χ0v) is 5.55. The first-order valence-electron chi connectivity index (χ1n) is 2.87. The maximum Gasteiger partial charge on any atom is 0.394 e. The fraction of sp³-hybridized carbons (Fsp3) is 0. The van der Waals surface area contributed by atoms with Crippen molar-refractivity contribution < 1.29 is 0 Å². The minimum Gasteiger partial charge on any atom is -0.0612 e. The molecule has 0 amide bonds. The summed E-state index contributed by atoms with van der Waals surface area (Å²) in [6, 6.07) is 6.49. The quantitative estimate of drug-likeness (QED) is 0.259. The molecule has 0 fully saturated rings. The first-order chi connectivity index (χ1) is 5.38. The van der Waals surface area contributed by atoms with Crippen molar-refractivity contribution in [2.45, 2.75) is 0 Å². The molecule has 5 nitrogen and oxygen atoms in total. The van der Waals surface area contributed by atoms with Gasteiger partial charge in [0, 0.05) is 11.0 Å². The van der Waals surface area contributed by atoms with Crippen LogP contribution in [0.5, 0.6) is 0 Å². The van der Waals surface area contributed by atoms with Gasteiger partial charge in [-0.05, 0) is 11.6 Å². The van der Waals surface area contributed by atoms with E-state index in [0.717, 1.165) is 0 Å². The van der Waals surface area contributed by atoms with E-state index in [-0.39, 0.29) is 5.69 Å². The summed E-state index contributed by atoms with van der Waals surface area (Å²) >= 11 is 0. The van der Waals surface area contributed by atoms with Gasteiger partial charge < -0.3 is 0 Å². The summed E-state index contributed by atoms with van der Waals surface area (Å²) in [6.07, 6.45) is 0. The number of benzene rings is 1. The molecule has 0 saturated heterocycles. The molecule has 0 saturated carbocycles. The van der Waals surface area contributed by atoms with Crippen molar-refractivity contribution in [1.82, 2.24) is 0 Å². The van der Waals surface area contributed by atoms with Crippen LogP contribution >= 0.6 is 0 Å². The van der Waals surface area contributed by atoms with Crippen LogP contribution in [0.1, 0.15) is 0 Å². The molecule has 52 valence electrons. The summed E-state index contributed by atoms with van der Waals surface area (Å²) < 4.78 is 0. The van der Waals surface area contributed by atoms with Gasteiger partial charge in [0.1, 0.15) is 5.69 Å². The van der Waals surface area contributed by atoms with Gasteiger partial charge in [0.15, 0.2) is 4.98 Å². The Morgan fingerprint density at radius 3 is 2.73 bits per heavy atom. The molecule has 0 aliphatic heterocycles. The molecule has 0 unspecified atom stereocenters. The van der Waals surface area contributed by atoms with Gasteiger partial charge >= 0.3 is 5.69 Å². The van der Waals surface area contributed by atoms with E-state index in [0.29, 0.717) is 5.69 Å². The third kappa shape index (κ3) is 1.45. The van der Waals surface area contributed by atoms with Gasteiger partial charge in [-0.15, -0.1) is 0 Å². The lowest BCUT2D eigenvalue weighted by Gasteiger charge is -1.81. The lowest BCUT2D eigenvalue weighted by atomic mass is 10.3. The van der Waals surface area contributed by atoms with E-state index < -0.39 is 0 Å². The second-order valence-electron chi connectivity index (χ2n) is 1.78. The Balaban J connectivity index is 3.25. The minimum atomic E-state index is 0.269. The fourth-order valence-corrected chi connectivity index (χ4v) is 0.681. The van der Waals surface area contributed by atoms with Crippen LogP contribution in [0.4, 0.5) is 11.4 Å². The highest BCUT2D eigenvalue weighted by Gasteiger charge is 2.08. The highest BCUT2D eigenvalue weighted by atomic mass is 15.1. The Morgan fingerprint density at radius 1 is 1.36 bits per heavy atom. The summed E-state index contributed by atoms with van der Waals surface area (Å²) in [7, 11) is 0. The van der Waals surface area contributed by atoms with Crippen molar-refractivity contribution in [1.29, 1.82) is 5.39 Å². The van der Waals surface area contributed by atoms with Gasteiger partial charge in [-0.1, -0.05) is 17.2 Å². The Labute approximate surface area is 62.5 Å². The molecule has 1 aromatic carbocycles. The second kappa shape index (κ2) is 3.20. The Hall–Kier alpha value is -2.05. The predicted molar refractivity (Wildman–Crippen MR) is 40.0 cm³/mol. The molecule has 1 aromatic rings. The average molecular weight is 146 g/mol. The van der Waals surface area contributed by atoms with Gasteiger partial charge in [0.05, 0.1) is 0 Å². The van der Waals surface area contributed by atoms with E-state index in [4.69, 9.17) is 10.9 Å². The number of nitrogens with zero attached hydrogens (tertiary/aromatic N) is 5. The van der Waals surface area contributed by atoms with Crippen molar-refractivity contribution in [3.63, 3.8) is 0 Å². The molecule has 11 heavy (non-hydrogen) atoms. The Morgan fingerprint density at radius 2 is 2.09 bits per heavy atom. The number of hydrogen-bond acceptors (Lipinski definition) is 2. The van der Waals surface area contributed by atoms with Gasteiger partial charge in [0.25, 0.3) is 0 Å². The van der Waals surface area contributed by atoms with Crippen molar-refractivity contribution in [3.8, 4) is 0 Å². The Bertz CT molecular complexity index is 344. The summed E-state index contributed by atoms with van der Waals surface area (Å²) in [5.74, 6) is 0. The first-order valence-corrected chi connectivity index (χ1v) is 2.87. The summed E-state index contributed by atoms with van der Waals surface area (Å²) in [5.41, 5.74) is 8.66. The van der Waals surface area contributed by atoms with E-state index in [2.05, 4.69) is 15.0 Å². The average Bonchev–Trinajstić information content (AvgIpc) is 2.06. The zero-order valence-electron chi connectivity index (χ0n) is 5.55. The second-order valence-corrected chi connectivity index (χ2v) is 1.78. The smallest absolute Gasteiger partial charge is 0.0612 e. The predicted octanol–water partition coefficient (Wildman–Crippen LogP) is 3.11. The number of diazo groups is 1. The van der Waals surface area contributed by atoms with Crippen LogP contribution < -0.4 is 0 Å². The molecule has 5 heteroatoms. The molecule has 0 radical (unpaired) electrons. The largest absolute Gasteiger partial charge is 0.394 e. The molecule has 0 aliphatic rings. The van der Waals surface area contributed by atoms with Crippen LogP contribution in [-0.2, 0) is 0 Å². The fourth-order valence-electron chi connectivity index (χ4n) is 0.681. The monoisotopic (exact) mass is 146 g/mol. The van der Waals surface area contributed by atoms with Gasteiger partial charge in [0.2, 0.25) is 5.39 Å². The van der Waals surface area contributed by atoms with Crippen LogP contribution in [0.3, 0.4) is 0 Å². The standard InChI is InChI=1S/C6H4N5/c7-9-5-3-1-2-4-6(5)10-11-8/h1-4H/q+1. The molecule has 0 spiro atoms. The lowest BCUT2D eigenvalue weighted by Crippen LogP contribution is -1.61. The van der Waals surface area contributed by atoms with Crippen LogP contribution in [0.15, 0.2) is 29.4 Å². The van der Waals surface area contributed by atoms with E-state index in [1.54, 1.807) is 24.3 Å². The first kappa shape index (κ1) is 7.06. The topological polar surface area (TPSA) is 76.9 Å². The third-order valence-electron chi connectivity index (χ3n) is 1.14. The molecule has 1 rings (SSSR count).